The summed E-state index contributed by atoms with van der Waals surface area (Å²) < 4.78 is 6.56. The van der Waals surface area contributed by atoms with Crippen LogP contribution in [-0.2, 0) is 24.2 Å². The van der Waals surface area contributed by atoms with Crippen molar-refractivity contribution in [2.75, 3.05) is 5.32 Å². The van der Waals surface area contributed by atoms with Gasteiger partial charge in [-0.2, -0.15) is 5.26 Å². The van der Waals surface area contributed by atoms with E-state index >= 15 is 0 Å². The van der Waals surface area contributed by atoms with Crippen molar-refractivity contribution in [1.29, 1.82) is 5.26 Å². The van der Waals surface area contributed by atoms with Crippen LogP contribution < -0.4 is 10.1 Å². The van der Waals surface area contributed by atoms with Crippen molar-refractivity contribution in [3.8, 4) is 11.8 Å². The minimum Gasteiger partial charge on any atom is -0.489 e. The Balaban J connectivity index is 1.41. The number of fused-ring (bicyclic) bond motifs is 1. The summed E-state index contributed by atoms with van der Waals surface area (Å²) in [6.45, 7) is 2.71. The predicted molar refractivity (Wildman–Crippen MR) is 136 cm³/mol. The smallest absolute Gasteiger partial charge is 0.249 e. The highest BCUT2D eigenvalue weighted by Gasteiger charge is 2.23. The summed E-state index contributed by atoms with van der Waals surface area (Å²) in [6.07, 6.45) is 5.97. The molecule has 0 saturated carbocycles. The molecule has 166 valence electrons. The number of benzene rings is 2. The molecule has 1 aromatic heterocycles. The Labute approximate surface area is 203 Å². The van der Waals surface area contributed by atoms with Gasteiger partial charge in [0.15, 0.2) is 0 Å². The lowest BCUT2D eigenvalue weighted by Gasteiger charge is -2.23. The van der Waals surface area contributed by atoms with Gasteiger partial charge in [-0.1, -0.05) is 61.6 Å². The van der Waals surface area contributed by atoms with Crippen LogP contribution in [-0.4, -0.2) is 5.91 Å². The lowest BCUT2D eigenvalue weighted by atomic mass is 9.85. The van der Waals surface area contributed by atoms with E-state index in [9.17, 15) is 10.1 Å². The number of hydrogen-bond acceptors (Lipinski definition) is 5. The van der Waals surface area contributed by atoms with Crippen molar-refractivity contribution in [3.05, 3.63) is 92.3 Å². The highest BCUT2D eigenvalue weighted by Crippen LogP contribution is 2.35. The quantitative estimate of drug-likeness (QED) is 0.320. The average Bonchev–Trinajstić information content (AvgIpc) is 2.83. The Kier molecular flexibility index (Phi) is 7.33. The van der Waals surface area contributed by atoms with E-state index in [1.54, 1.807) is 6.08 Å². The lowest BCUT2D eigenvalue weighted by Crippen LogP contribution is -2.15. The van der Waals surface area contributed by atoms with Crippen LogP contribution in [0.25, 0.3) is 6.08 Å². The first kappa shape index (κ1) is 22.9. The largest absolute Gasteiger partial charge is 0.489 e. The number of nitriles is 1. The first-order chi connectivity index (χ1) is 16.0. The topological polar surface area (TPSA) is 62.1 Å². The number of anilines is 1. The van der Waals surface area contributed by atoms with Gasteiger partial charge >= 0.3 is 0 Å². The number of nitrogens with one attached hydrogen (secondary N) is 1. The molecule has 6 heteroatoms. The number of rotatable bonds is 6. The van der Waals surface area contributed by atoms with Crippen LogP contribution in [0.3, 0.4) is 0 Å². The molecule has 3 aromatic rings. The summed E-state index contributed by atoms with van der Waals surface area (Å²) >= 11 is 6.88. The predicted octanol–water partition coefficient (Wildman–Crippen LogP) is 6.70. The minimum atomic E-state index is -0.286. The summed E-state index contributed by atoms with van der Waals surface area (Å²) in [6, 6.07) is 19.8. The molecule has 0 saturated heterocycles. The summed E-state index contributed by atoms with van der Waals surface area (Å²) in [7, 11) is 0. The number of carbonyl (C=O) groups excluding carboxylic acids is 1. The molecule has 1 aliphatic carbocycles. The molecule has 1 atom stereocenters. The zero-order valence-corrected chi connectivity index (χ0v) is 20.0. The van der Waals surface area contributed by atoms with Crippen LogP contribution >= 0.6 is 23.6 Å². The van der Waals surface area contributed by atoms with E-state index in [4.69, 9.17) is 17.0 Å². The second-order valence-corrected chi connectivity index (χ2v) is 9.86. The second-order valence-electron chi connectivity index (χ2n) is 8.18. The fraction of sp³-hybridized carbons (Fsp3) is 0.222. The van der Waals surface area contributed by atoms with E-state index < -0.39 is 0 Å². The molecule has 1 heterocycles. The first-order valence-electron chi connectivity index (χ1n) is 10.9. The number of carbonyl (C=O) groups is 1. The average molecular weight is 473 g/mol. The van der Waals surface area contributed by atoms with Crippen molar-refractivity contribution >= 4 is 40.5 Å². The molecular weight excluding hydrogens is 448 g/mol. The van der Waals surface area contributed by atoms with E-state index in [1.807, 2.05) is 54.6 Å². The Bertz CT molecular complexity index is 1270. The normalized spacial score (nSPS) is 15.0. The monoisotopic (exact) mass is 472 g/mol. The van der Waals surface area contributed by atoms with Gasteiger partial charge in [-0.25, -0.2) is 0 Å². The highest BCUT2D eigenvalue weighted by molar-refractivity contribution is 7.73. The lowest BCUT2D eigenvalue weighted by molar-refractivity contribution is -0.111. The van der Waals surface area contributed by atoms with E-state index in [2.05, 4.69) is 18.3 Å². The van der Waals surface area contributed by atoms with Gasteiger partial charge in [-0.15, -0.1) is 11.3 Å². The first-order valence-corrected chi connectivity index (χ1v) is 12.1. The molecule has 0 spiro atoms. The molecule has 0 radical (unpaired) electrons. The van der Waals surface area contributed by atoms with Crippen LogP contribution in [0.1, 0.15) is 41.2 Å². The SMILES string of the molecule is CC1CCc2c(C#N)c(NC(=O)/C=C/c3ccc(OCc4ccccc4)cc3)sc(=S)c2C1. The van der Waals surface area contributed by atoms with E-state index in [0.717, 1.165) is 51.1 Å². The summed E-state index contributed by atoms with van der Waals surface area (Å²) in [4.78, 5) is 12.6. The number of nitrogens with zero attached hydrogens (tertiary/aromatic N) is 1. The maximum absolute atomic E-state index is 12.6. The van der Waals surface area contributed by atoms with E-state index in [1.165, 1.54) is 17.4 Å². The van der Waals surface area contributed by atoms with Gasteiger partial charge < -0.3 is 10.1 Å². The second kappa shape index (κ2) is 10.6. The third kappa shape index (κ3) is 5.75. The van der Waals surface area contributed by atoms with Crippen LogP contribution in [0.4, 0.5) is 5.00 Å². The molecule has 1 amide bonds. The summed E-state index contributed by atoms with van der Waals surface area (Å²) in [5, 5.41) is 13.1. The van der Waals surface area contributed by atoms with Crippen molar-refractivity contribution < 1.29 is 9.53 Å². The van der Waals surface area contributed by atoms with Gasteiger partial charge in [-0.05, 0) is 65.6 Å². The van der Waals surface area contributed by atoms with E-state index in [-0.39, 0.29) is 5.91 Å². The highest BCUT2D eigenvalue weighted by atomic mass is 32.1. The molecule has 2 aromatic carbocycles. The number of amides is 1. The van der Waals surface area contributed by atoms with Crippen molar-refractivity contribution in [2.45, 2.75) is 32.8 Å². The van der Waals surface area contributed by atoms with Crippen LogP contribution in [0, 0.1) is 21.1 Å². The van der Waals surface area contributed by atoms with E-state index in [0.29, 0.717) is 23.1 Å². The van der Waals surface area contributed by atoms with Gasteiger partial charge in [0.05, 0.1) is 9.39 Å². The Hall–Kier alpha value is -3.27. The summed E-state index contributed by atoms with van der Waals surface area (Å²) in [5.74, 6) is 1.05. The molecule has 1 unspecified atom stereocenters. The van der Waals surface area contributed by atoms with Crippen LogP contribution in [0.2, 0.25) is 0 Å². The van der Waals surface area contributed by atoms with Gasteiger partial charge in [-0.3, -0.25) is 4.79 Å². The molecular formula is C27H24N2O2S2. The molecule has 0 bridgehead atoms. The van der Waals surface area contributed by atoms with Crippen LogP contribution in [0.5, 0.6) is 5.75 Å². The molecule has 4 nitrogen and oxygen atoms in total. The molecule has 33 heavy (non-hydrogen) atoms. The third-order valence-electron chi connectivity index (χ3n) is 5.68. The van der Waals surface area contributed by atoms with Gasteiger partial charge in [0.25, 0.3) is 0 Å². The maximum atomic E-state index is 12.6. The van der Waals surface area contributed by atoms with Crippen molar-refractivity contribution in [1.82, 2.24) is 0 Å². The molecule has 1 N–H and O–H groups in total. The maximum Gasteiger partial charge on any atom is 0.249 e. The van der Waals surface area contributed by atoms with Gasteiger partial charge in [0, 0.05) is 6.08 Å². The molecule has 4 rings (SSSR count). The zero-order chi connectivity index (χ0) is 23.2. The fourth-order valence-electron chi connectivity index (χ4n) is 3.89. The standard InChI is InChI=1S/C27H24N2O2S2/c1-18-7-13-22-23(15-18)27(32)33-26(24(22)16-28)29-25(30)14-10-19-8-11-21(12-9-19)31-17-20-5-3-2-4-6-20/h2-6,8-12,14,18H,7,13,15,17H2,1H3,(H,29,30)/b14-10+. The number of ether oxygens (including phenoxy) is 1. The molecule has 1 aliphatic rings. The molecule has 0 aliphatic heterocycles. The Morgan fingerprint density at radius 2 is 1.97 bits per heavy atom. The fourth-order valence-corrected chi connectivity index (χ4v) is 5.28. The van der Waals surface area contributed by atoms with Crippen LogP contribution in [0.15, 0.2) is 60.7 Å². The van der Waals surface area contributed by atoms with Crippen molar-refractivity contribution in [2.24, 2.45) is 5.92 Å². The van der Waals surface area contributed by atoms with Gasteiger partial charge in [0.2, 0.25) is 5.91 Å². The van der Waals surface area contributed by atoms with Gasteiger partial charge in [0.1, 0.15) is 23.4 Å². The zero-order valence-electron chi connectivity index (χ0n) is 18.3. The minimum absolute atomic E-state index is 0.286. The molecule has 0 fully saturated rings. The Morgan fingerprint density at radius 1 is 1.21 bits per heavy atom. The third-order valence-corrected chi connectivity index (χ3v) is 7.12. The Morgan fingerprint density at radius 3 is 2.70 bits per heavy atom. The number of hydrogen-bond donors (Lipinski definition) is 1. The van der Waals surface area contributed by atoms with Crippen molar-refractivity contribution in [3.63, 3.8) is 0 Å². The summed E-state index contributed by atoms with van der Waals surface area (Å²) in [5.41, 5.74) is 4.65.